The molecule has 6 bridgehead atoms. The molecule has 2 aromatic carbocycles. The molecule has 486 valence electrons. The van der Waals surface area contributed by atoms with Gasteiger partial charge < -0.3 is 29.2 Å². The fourth-order valence-corrected chi connectivity index (χ4v) is 21.1. The molecule has 90 heavy (non-hydrogen) atoms. The zero-order valence-electron chi connectivity index (χ0n) is 54.8. The van der Waals surface area contributed by atoms with E-state index in [1.165, 1.54) is 24.3 Å². The van der Waals surface area contributed by atoms with Gasteiger partial charge >= 0.3 is 5.97 Å². The minimum atomic E-state index is -1.10. The summed E-state index contributed by atoms with van der Waals surface area (Å²) in [6, 6.07) is 12.9. The molecule has 2 N–H and O–H groups in total. The Kier molecular flexibility index (Phi) is 16.5. The number of piperidine rings is 2. The van der Waals surface area contributed by atoms with Gasteiger partial charge in [0, 0.05) is 115 Å². The van der Waals surface area contributed by atoms with Crippen LogP contribution < -0.4 is 15.6 Å². The predicted octanol–water partition coefficient (Wildman–Crippen LogP) is 10.1. The minimum absolute atomic E-state index is 0.0777. The first kappa shape index (κ1) is 62.2. The van der Waals surface area contributed by atoms with Crippen molar-refractivity contribution in [3.05, 3.63) is 71.0 Å². The molecule has 8 heterocycles. The summed E-state index contributed by atoms with van der Waals surface area (Å²) in [7, 11) is 0.632. The standard InChI is InChI=1S/C72H98FN9O7S/c1-9-80-60-22-21-49-35-54(60)56(63(80)55-36-53(39-74-61(55)44(2)88-8)78-30-29-77-25-13-12-17-52(77)41-78)37-70(6,7)43-89-67(85)57-18-14-26-82(76-57)66(84)58(34-45-31-46(38-73)33-51(49)32-45)75-65(83)62(47-15-10-11-16-47)79-27-24-59-50(40-79)23-28-81(59)68(86)71-42-72(71,64(71)48-19-20-48)90(87)69(3,4)5/h21-22,31-33,35-36,39,44,47-48,50,52,57-59,62,64,76H,9-20,23-30,34,37-38,40-43H2,1-8H3,(H,75,83)/t44-,50?,52+,57-,58-,59?,62-,64+,71?,72?,90+/m0/s1. The summed E-state index contributed by atoms with van der Waals surface area (Å²) in [6.07, 6.45) is 15.6. The van der Waals surface area contributed by atoms with Crippen LogP contribution in [0.3, 0.4) is 0 Å². The number of benzene rings is 2. The molecular formula is C72H98FN9O7S. The molecule has 4 unspecified atom stereocenters. The Labute approximate surface area is 534 Å². The lowest BCUT2D eigenvalue weighted by atomic mass is 9.84. The number of aryl methyl sites for hydroxylation is 1. The number of cyclic esters (lactones) is 1. The number of esters is 1. The highest BCUT2D eigenvalue weighted by Gasteiger charge is 2.99. The van der Waals surface area contributed by atoms with E-state index >= 15 is 14.0 Å². The van der Waals surface area contributed by atoms with E-state index in [4.69, 9.17) is 14.5 Å². The van der Waals surface area contributed by atoms with Crippen LogP contribution in [0.5, 0.6) is 0 Å². The van der Waals surface area contributed by atoms with Crippen molar-refractivity contribution in [3.8, 4) is 22.4 Å². The normalized spacial score (nSPS) is 30.9. The molecule has 3 amide bonds. The smallest absolute Gasteiger partial charge is 0.324 e. The van der Waals surface area contributed by atoms with Crippen molar-refractivity contribution >= 4 is 51.1 Å². The minimum Gasteiger partial charge on any atom is -0.464 e. The maximum absolute atomic E-state index is 15.6. The molecule has 16 nitrogen and oxygen atoms in total. The third-order valence-electron chi connectivity index (χ3n) is 23.3. The van der Waals surface area contributed by atoms with Gasteiger partial charge in [-0.05, 0) is 194 Å². The number of aromatic nitrogens is 2. The number of carbonyl (C=O) groups is 4. The number of nitrogens with one attached hydrogen (secondary N) is 2. The maximum atomic E-state index is 15.6. The molecule has 18 heteroatoms. The summed E-state index contributed by atoms with van der Waals surface area (Å²) in [5.74, 6) is 0.298. The Morgan fingerprint density at radius 2 is 1.69 bits per heavy atom. The summed E-state index contributed by atoms with van der Waals surface area (Å²) in [4.78, 5) is 75.4. The number of hydrogen-bond acceptors (Lipinski definition) is 12. The van der Waals surface area contributed by atoms with Crippen LogP contribution in [0, 0.1) is 34.5 Å². The number of likely N-dealkylation sites (tertiary alicyclic amines) is 2. The molecular weight excluding hydrogens is 1150 g/mol. The van der Waals surface area contributed by atoms with Gasteiger partial charge in [0.25, 0.3) is 5.91 Å². The van der Waals surface area contributed by atoms with Crippen molar-refractivity contribution in [1.82, 2.24) is 40.0 Å². The van der Waals surface area contributed by atoms with Gasteiger partial charge in [-0.15, -0.1) is 0 Å². The Bertz CT molecular complexity index is 3480. The SMILES string of the molecule is CCn1c(-c2cc(N3CCN4CCCC[C@@H]4C3)cnc2[C@H](C)OC)c2c3cc(ccc31)-c1cc(CF)cc(c1)C[C@H](NC(=O)[C@H](C1CCCC1)N1CCC3C(CCN3C(=O)C34CC3([S@](=O)C(C)(C)C)[C@@H]4C3CC3)C1)C(=O)N1CCC[C@H](N1)C(=O)OCC(C)(C)C2. The number of piperazine rings is 1. The summed E-state index contributed by atoms with van der Waals surface area (Å²) in [6.45, 7) is 21.2. The zero-order valence-corrected chi connectivity index (χ0v) is 55.6. The molecule has 5 saturated heterocycles. The zero-order chi connectivity index (χ0) is 62.8. The topological polar surface area (TPSA) is 162 Å². The van der Waals surface area contributed by atoms with Crippen molar-refractivity contribution in [2.75, 3.05) is 71.0 Å². The van der Waals surface area contributed by atoms with Crippen LogP contribution in [-0.2, 0) is 65.5 Å². The summed E-state index contributed by atoms with van der Waals surface area (Å²) >= 11 is 0. The fourth-order valence-electron chi connectivity index (χ4n) is 18.6. The van der Waals surface area contributed by atoms with Crippen molar-refractivity contribution in [2.45, 2.75) is 210 Å². The fraction of sp³-hybridized carbons (Fsp3) is 0.681. The van der Waals surface area contributed by atoms with Gasteiger partial charge in [0.15, 0.2) is 0 Å². The van der Waals surface area contributed by atoms with E-state index in [1.807, 2.05) is 18.3 Å². The largest absolute Gasteiger partial charge is 0.464 e. The molecule has 6 aliphatic heterocycles. The lowest BCUT2D eigenvalue weighted by Crippen LogP contribution is -2.63. The number of amides is 3. The van der Waals surface area contributed by atoms with Crippen LogP contribution >= 0.6 is 0 Å². The number of hydrogen-bond donors (Lipinski definition) is 2. The molecule has 2 aromatic heterocycles. The highest BCUT2D eigenvalue weighted by Crippen LogP contribution is 2.91. The van der Waals surface area contributed by atoms with Gasteiger partial charge in [0.2, 0.25) is 11.8 Å². The molecule has 0 radical (unpaired) electrons. The van der Waals surface area contributed by atoms with E-state index in [0.29, 0.717) is 69.5 Å². The second kappa shape index (κ2) is 23.9. The number of halogens is 1. The monoisotopic (exact) mass is 1250 g/mol. The molecule has 14 rings (SSSR count). The lowest BCUT2D eigenvalue weighted by molar-refractivity contribution is -0.155. The first-order valence-corrected chi connectivity index (χ1v) is 35.8. The Morgan fingerprint density at radius 1 is 0.889 bits per heavy atom. The van der Waals surface area contributed by atoms with E-state index in [-0.39, 0.29) is 70.1 Å². The first-order chi connectivity index (χ1) is 43.2. The number of nitrogens with zero attached hydrogens (tertiary/aromatic N) is 7. The quantitative estimate of drug-likeness (QED) is 0.122. The van der Waals surface area contributed by atoms with Gasteiger partial charge in [-0.3, -0.25) is 43.2 Å². The number of ether oxygens (including phenoxy) is 2. The third-order valence-corrected chi connectivity index (χ3v) is 25.8. The number of anilines is 1. The van der Waals surface area contributed by atoms with E-state index < -0.39 is 52.4 Å². The van der Waals surface area contributed by atoms with Crippen LogP contribution in [0.15, 0.2) is 48.7 Å². The van der Waals surface area contributed by atoms with E-state index in [1.54, 1.807) is 7.11 Å². The van der Waals surface area contributed by atoms with E-state index in [9.17, 15) is 13.8 Å². The van der Waals surface area contributed by atoms with E-state index in [0.717, 1.165) is 140 Å². The highest BCUT2D eigenvalue weighted by molar-refractivity contribution is 7.88. The molecule has 4 aliphatic carbocycles. The molecule has 4 saturated carbocycles. The summed E-state index contributed by atoms with van der Waals surface area (Å²) < 4.78 is 43.8. The van der Waals surface area contributed by atoms with Gasteiger partial charge in [-0.25, -0.2) is 9.82 Å². The average molecular weight is 1250 g/mol. The van der Waals surface area contributed by atoms with Crippen molar-refractivity contribution in [3.63, 3.8) is 0 Å². The van der Waals surface area contributed by atoms with Crippen LogP contribution in [0.1, 0.15) is 167 Å². The highest BCUT2D eigenvalue weighted by atomic mass is 32.2. The second-order valence-corrected chi connectivity index (χ2v) is 33.3. The molecule has 11 atom stereocenters. The van der Waals surface area contributed by atoms with Gasteiger partial charge in [0.1, 0.15) is 18.8 Å². The molecule has 10 aliphatic rings. The number of alkyl halides is 1. The number of pyridine rings is 1. The van der Waals surface area contributed by atoms with Gasteiger partial charge in [-0.2, -0.15) is 0 Å². The Morgan fingerprint density at radius 3 is 2.44 bits per heavy atom. The van der Waals surface area contributed by atoms with Crippen LogP contribution in [-0.4, -0.2) is 163 Å². The number of fused-ring (bicyclic) bond motifs is 9. The number of carbonyl (C=O) groups excluding carboxylic acids is 4. The summed E-state index contributed by atoms with van der Waals surface area (Å²) in [5, 5.41) is 5.93. The van der Waals surface area contributed by atoms with E-state index in [2.05, 4.69) is 114 Å². The van der Waals surface area contributed by atoms with Gasteiger partial charge in [0.05, 0.1) is 52.2 Å². The van der Waals surface area contributed by atoms with Crippen molar-refractivity contribution in [1.29, 1.82) is 0 Å². The van der Waals surface area contributed by atoms with Crippen LogP contribution in [0.4, 0.5) is 10.1 Å². The summed E-state index contributed by atoms with van der Waals surface area (Å²) in [5.41, 5.74) is 11.3. The number of methoxy groups -OCH3 is 1. The van der Waals surface area contributed by atoms with Crippen molar-refractivity contribution < 1.29 is 37.3 Å². The Hall–Kier alpha value is -5.27. The number of rotatable bonds is 13. The second-order valence-electron chi connectivity index (χ2n) is 30.8. The third kappa shape index (κ3) is 10.9. The van der Waals surface area contributed by atoms with Crippen LogP contribution in [0.2, 0.25) is 0 Å². The first-order valence-electron chi connectivity index (χ1n) is 34.6. The van der Waals surface area contributed by atoms with Crippen LogP contribution in [0.25, 0.3) is 33.3 Å². The molecule has 0 spiro atoms. The average Bonchev–Trinajstić information content (AvgIpc) is 1.41. The lowest BCUT2D eigenvalue weighted by Gasteiger charge is -2.45. The Balaban J connectivity index is 0.792. The van der Waals surface area contributed by atoms with Gasteiger partial charge in [-0.1, -0.05) is 51.3 Å². The molecule has 4 aromatic rings. The maximum Gasteiger partial charge on any atom is 0.324 e. The van der Waals surface area contributed by atoms with Crippen molar-refractivity contribution in [2.24, 2.45) is 34.5 Å². The molecule has 9 fully saturated rings. The number of hydrazine groups is 1. The predicted molar refractivity (Wildman–Crippen MR) is 349 cm³/mol.